The monoisotopic (exact) mass is 443 g/mol. The van der Waals surface area contributed by atoms with Crippen LogP contribution in [0.15, 0.2) is 76.7 Å². The Morgan fingerprint density at radius 3 is 2.78 bits per heavy atom. The van der Waals surface area contributed by atoms with Gasteiger partial charge in [0.15, 0.2) is 11.5 Å². The highest BCUT2D eigenvalue weighted by Crippen LogP contribution is 2.43. The van der Waals surface area contributed by atoms with Crippen LogP contribution in [-0.4, -0.2) is 24.6 Å². The second kappa shape index (κ2) is 7.84. The lowest BCUT2D eigenvalue weighted by molar-refractivity contribution is 0.174. The Morgan fingerprint density at radius 1 is 1.09 bits per heavy atom. The molecule has 1 aromatic heterocycles. The molecule has 0 fully saturated rings. The number of benzene rings is 2. The van der Waals surface area contributed by atoms with Crippen molar-refractivity contribution in [1.29, 1.82) is 0 Å². The summed E-state index contributed by atoms with van der Waals surface area (Å²) in [6.07, 6.45) is 8.17. The van der Waals surface area contributed by atoms with Gasteiger partial charge in [0.1, 0.15) is 5.75 Å². The summed E-state index contributed by atoms with van der Waals surface area (Å²) in [5.74, 6) is 2.41. The third-order valence-electron chi connectivity index (χ3n) is 5.91. The first kappa shape index (κ1) is 19.1. The lowest BCUT2D eigenvalue weighted by Crippen LogP contribution is -2.18. The summed E-state index contributed by atoms with van der Waals surface area (Å²) in [6, 6.07) is 14.2. The molecule has 0 amide bonds. The maximum atomic E-state index is 5.62. The maximum Gasteiger partial charge on any atom is 0.231 e. The maximum absolute atomic E-state index is 5.62. The van der Waals surface area contributed by atoms with Gasteiger partial charge in [0.2, 0.25) is 11.9 Å². The van der Waals surface area contributed by atoms with Crippen LogP contribution in [0.2, 0.25) is 0 Å². The summed E-state index contributed by atoms with van der Waals surface area (Å²) in [5.41, 5.74) is 5.51. The number of hydrogen-bond acceptors (Lipinski definition) is 7. The van der Waals surface area contributed by atoms with Gasteiger partial charge in [-0.25, -0.2) is 9.99 Å². The average Bonchev–Trinajstić information content (AvgIpc) is 3.63. The van der Waals surface area contributed by atoms with Crippen molar-refractivity contribution < 1.29 is 14.2 Å². The molecular formula is C25H21N3O3S. The summed E-state index contributed by atoms with van der Waals surface area (Å²) in [7, 11) is 1.67. The van der Waals surface area contributed by atoms with E-state index in [1.165, 1.54) is 5.57 Å². The second-order valence-corrected chi connectivity index (χ2v) is 8.63. The van der Waals surface area contributed by atoms with Crippen LogP contribution in [0.25, 0.3) is 11.3 Å². The second-order valence-electron chi connectivity index (χ2n) is 7.79. The minimum absolute atomic E-state index is 0.0517. The molecule has 0 saturated carbocycles. The highest BCUT2D eigenvalue weighted by molar-refractivity contribution is 7.14. The van der Waals surface area contributed by atoms with Crippen LogP contribution >= 0.6 is 11.3 Å². The summed E-state index contributed by atoms with van der Waals surface area (Å²) >= 11 is 1.61. The molecular weight excluding hydrogens is 422 g/mol. The summed E-state index contributed by atoms with van der Waals surface area (Å²) in [4.78, 5) is 4.93. The molecule has 2 aliphatic heterocycles. The fourth-order valence-corrected chi connectivity index (χ4v) is 5.02. The highest BCUT2D eigenvalue weighted by atomic mass is 32.1. The van der Waals surface area contributed by atoms with Crippen molar-refractivity contribution in [3.63, 3.8) is 0 Å². The van der Waals surface area contributed by atoms with E-state index < -0.39 is 0 Å². The number of nitrogens with zero attached hydrogens (tertiary/aromatic N) is 3. The Morgan fingerprint density at radius 2 is 1.97 bits per heavy atom. The van der Waals surface area contributed by atoms with Gasteiger partial charge in [0, 0.05) is 17.4 Å². The van der Waals surface area contributed by atoms with Crippen LogP contribution < -0.4 is 19.2 Å². The van der Waals surface area contributed by atoms with Crippen molar-refractivity contribution in [1.82, 2.24) is 4.98 Å². The number of anilines is 1. The molecule has 7 heteroatoms. The summed E-state index contributed by atoms with van der Waals surface area (Å²) in [6.45, 7) is 0.269. The Labute approximate surface area is 190 Å². The van der Waals surface area contributed by atoms with Crippen molar-refractivity contribution in [3.05, 3.63) is 77.2 Å². The van der Waals surface area contributed by atoms with E-state index in [4.69, 9.17) is 24.3 Å². The standard InChI is InChI=1S/C25H21N3O3S/c1-29-19-9-6-17(7-10-19)21-14-32-25(26-21)28-22(13-20(27-28)16-4-2-3-5-16)18-8-11-23-24(12-18)31-15-30-23/h2-4,6-12,14,22H,5,13,15H2,1H3. The molecule has 0 spiro atoms. The van der Waals surface area contributed by atoms with Gasteiger partial charge in [-0.1, -0.05) is 24.3 Å². The van der Waals surface area contributed by atoms with E-state index in [-0.39, 0.29) is 12.8 Å². The van der Waals surface area contributed by atoms with Gasteiger partial charge in [-0.2, -0.15) is 5.10 Å². The normalized spacial score (nSPS) is 18.8. The molecule has 0 radical (unpaired) electrons. The quantitative estimate of drug-likeness (QED) is 0.503. The largest absolute Gasteiger partial charge is 0.497 e. The topological polar surface area (TPSA) is 56.2 Å². The van der Waals surface area contributed by atoms with E-state index in [0.717, 1.165) is 57.8 Å². The zero-order valence-corrected chi connectivity index (χ0v) is 18.3. The third-order valence-corrected chi connectivity index (χ3v) is 6.74. The van der Waals surface area contributed by atoms with Gasteiger partial charge >= 0.3 is 0 Å². The van der Waals surface area contributed by atoms with E-state index in [9.17, 15) is 0 Å². The van der Waals surface area contributed by atoms with Crippen LogP contribution in [0.4, 0.5) is 5.13 Å². The first-order valence-electron chi connectivity index (χ1n) is 10.5. The molecule has 32 heavy (non-hydrogen) atoms. The zero-order chi connectivity index (χ0) is 21.5. The Kier molecular flexibility index (Phi) is 4.69. The Bertz CT molecular complexity index is 1260. The SMILES string of the molecule is COc1ccc(-c2csc(N3N=C(C4=CC=CC4)CC3c3ccc4c(c3)OCO4)n2)cc1. The summed E-state index contributed by atoms with van der Waals surface area (Å²) in [5, 5.41) is 10.0. The number of thiazole rings is 1. The van der Waals surface area contributed by atoms with E-state index in [1.54, 1.807) is 18.4 Å². The molecule has 0 saturated heterocycles. The van der Waals surface area contributed by atoms with Crippen molar-refractivity contribution in [2.45, 2.75) is 18.9 Å². The van der Waals surface area contributed by atoms with Crippen molar-refractivity contribution in [2.24, 2.45) is 5.10 Å². The molecule has 3 aromatic rings. The van der Waals surface area contributed by atoms with Crippen LogP contribution in [0, 0.1) is 0 Å². The van der Waals surface area contributed by atoms with Crippen LogP contribution in [0.3, 0.4) is 0 Å². The molecule has 0 N–H and O–H groups in total. The van der Waals surface area contributed by atoms with Crippen LogP contribution in [-0.2, 0) is 0 Å². The van der Waals surface area contributed by atoms with Gasteiger partial charge < -0.3 is 14.2 Å². The van der Waals surface area contributed by atoms with E-state index >= 15 is 0 Å². The molecule has 1 unspecified atom stereocenters. The van der Waals surface area contributed by atoms with Gasteiger partial charge in [0.05, 0.1) is 24.6 Å². The molecule has 3 heterocycles. The Hall–Kier alpha value is -3.58. The fourth-order valence-electron chi connectivity index (χ4n) is 4.19. The minimum Gasteiger partial charge on any atom is -0.497 e. The molecule has 160 valence electrons. The van der Waals surface area contributed by atoms with Crippen molar-refractivity contribution in [3.8, 4) is 28.5 Å². The summed E-state index contributed by atoms with van der Waals surface area (Å²) < 4.78 is 16.4. The zero-order valence-electron chi connectivity index (χ0n) is 17.5. The average molecular weight is 444 g/mol. The predicted octanol–water partition coefficient (Wildman–Crippen LogP) is 5.74. The number of methoxy groups -OCH3 is 1. The smallest absolute Gasteiger partial charge is 0.231 e. The Balaban J connectivity index is 1.35. The minimum atomic E-state index is 0.0517. The van der Waals surface area contributed by atoms with Gasteiger partial charge in [0.25, 0.3) is 0 Å². The van der Waals surface area contributed by atoms with E-state index in [1.807, 2.05) is 30.3 Å². The highest BCUT2D eigenvalue weighted by Gasteiger charge is 2.33. The first-order chi connectivity index (χ1) is 15.8. The molecule has 6 rings (SSSR count). The molecule has 1 atom stereocenters. The number of ether oxygens (including phenoxy) is 3. The van der Waals surface area contributed by atoms with Crippen molar-refractivity contribution in [2.75, 3.05) is 18.9 Å². The molecule has 1 aliphatic carbocycles. The predicted molar refractivity (Wildman–Crippen MR) is 126 cm³/mol. The lowest BCUT2D eigenvalue weighted by atomic mass is 9.98. The number of aromatic nitrogens is 1. The van der Waals surface area contributed by atoms with Crippen LogP contribution in [0.5, 0.6) is 17.2 Å². The third kappa shape index (κ3) is 3.35. The van der Waals surface area contributed by atoms with Gasteiger partial charge in [-0.15, -0.1) is 11.3 Å². The van der Waals surface area contributed by atoms with E-state index in [0.29, 0.717) is 0 Å². The lowest BCUT2D eigenvalue weighted by Gasteiger charge is -2.21. The molecule has 2 aromatic carbocycles. The molecule has 6 nitrogen and oxygen atoms in total. The number of hydrazone groups is 1. The fraction of sp³-hybridized carbons (Fsp3) is 0.200. The first-order valence-corrected chi connectivity index (χ1v) is 11.4. The van der Waals surface area contributed by atoms with Gasteiger partial charge in [-0.3, -0.25) is 0 Å². The molecule has 3 aliphatic rings. The molecule has 0 bridgehead atoms. The number of fused-ring (bicyclic) bond motifs is 1. The van der Waals surface area contributed by atoms with Crippen molar-refractivity contribution >= 4 is 22.2 Å². The number of rotatable bonds is 5. The van der Waals surface area contributed by atoms with Gasteiger partial charge in [-0.05, 0) is 54.0 Å². The van der Waals surface area contributed by atoms with Crippen LogP contribution in [0.1, 0.15) is 24.4 Å². The number of allylic oxidation sites excluding steroid dienone is 4. The van der Waals surface area contributed by atoms with E-state index in [2.05, 4.69) is 40.7 Å². The number of hydrogen-bond donors (Lipinski definition) is 0.